The molecule has 1 saturated heterocycles. The molecule has 0 spiro atoms. The summed E-state index contributed by atoms with van der Waals surface area (Å²) >= 11 is 0. The molecule has 2 heterocycles. The number of amides is 3. The molecule has 1 aromatic heterocycles. The van der Waals surface area contributed by atoms with Crippen LogP contribution < -0.4 is 16.0 Å². The maximum Gasteiger partial charge on any atom is 0.322 e. The average molecular weight is 800 g/mol. The first-order valence-corrected chi connectivity index (χ1v) is 20.5. The molecule has 2 rings (SSSR count). The topological polar surface area (TPSA) is 208 Å². The zero-order valence-electron chi connectivity index (χ0n) is 36.3. The van der Waals surface area contributed by atoms with Crippen LogP contribution in [-0.4, -0.2) is 126 Å². The van der Waals surface area contributed by atoms with Gasteiger partial charge in [0.25, 0.3) is 11.8 Å². The average Bonchev–Trinajstić information content (AvgIpc) is 3.57. The van der Waals surface area contributed by atoms with Crippen LogP contribution in [0.3, 0.4) is 0 Å². The van der Waals surface area contributed by atoms with Crippen molar-refractivity contribution in [3.8, 4) is 0 Å². The number of allylic oxidation sites excluding steroid dienone is 1. The molecule has 1 aliphatic rings. The Bertz CT molecular complexity index is 1200. The van der Waals surface area contributed by atoms with Crippen molar-refractivity contribution in [2.75, 3.05) is 46.9 Å². The summed E-state index contributed by atoms with van der Waals surface area (Å²) in [6, 6.07) is -0.369. The Morgan fingerprint density at radius 3 is 1.96 bits per heavy atom. The van der Waals surface area contributed by atoms with Gasteiger partial charge in [-0.3, -0.25) is 33.9 Å². The Hall–Kier alpha value is -4.10. The van der Waals surface area contributed by atoms with Crippen LogP contribution in [0.15, 0.2) is 30.4 Å². The molecule has 0 aliphatic carbocycles. The number of aromatic nitrogens is 2. The predicted molar refractivity (Wildman–Crippen MR) is 224 cm³/mol. The van der Waals surface area contributed by atoms with Crippen LogP contribution in [0, 0.1) is 11.8 Å². The number of likely N-dealkylation sites (tertiary alicyclic amines) is 1. The number of carbonyl (C=O) groups is 7. The number of carboxylic acid groups (broad SMARTS) is 1. The Morgan fingerprint density at radius 2 is 1.55 bits per heavy atom. The second-order valence-corrected chi connectivity index (χ2v) is 12.5. The van der Waals surface area contributed by atoms with Crippen molar-refractivity contribution in [3.05, 3.63) is 36.1 Å². The first-order valence-electron chi connectivity index (χ1n) is 19.3. The standard InChI is InChI=1S/C15H22N4O2.C10H18N2O2.C6H10NO4P.4C2H6/c1-4-5-12(19-14(10-20)11(2)3)8-18-15(21)13-9-16-6-7-17-13;1-11(2)10(14)9-8(5-7-13)4-6-12(9)3;1-2-12-6(11)5(10)7-3-4(8)9;4*1-2/h5-7,9-11,14,19H,4,8H2,1-3H3,(H,18,21);7-9H,4-6H2,1-3H3;12H,2-3H2,1H3,(H,7,10)(H,8,9);4*1-2H3/b12-5+;;;;;;. The number of likely N-dealkylation sites (N-methyl/N-ethyl adjacent to an activating group) is 2. The fourth-order valence-electron chi connectivity index (χ4n) is 4.21. The van der Waals surface area contributed by atoms with Crippen LogP contribution in [0.4, 0.5) is 0 Å². The zero-order valence-corrected chi connectivity index (χ0v) is 37.3. The number of hydrogen-bond donors (Lipinski definition) is 4. The van der Waals surface area contributed by atoms with Crippen LogP contribution in [0.1, 0.15) is 113 Å². The summed E-state index contributed by atoms with van der Waals surface area (Å²) in [5, 5.41) is 16.1. The third kappa shape index (κ3) is 29.9. The van der Waals surface area contributed by atoms with Crippen molar-refractivity contribution in [2.24, 2.45) is 11.8 Å². The highest BCUT2D eigenvalue weighted by atomic mass is 31.1. The van der Waals surface area contributed by atoms with Crippen LogP contribution >= 0.6 is 8.58 Å². The molecular formula is C39H74N7O8P. The van der Waals surface area contributed by atoms with Gasteiger partial charge in [0.15, 0.2) is 0 Å². The minimum atomic E-state index is -1.16. The van der Waals surface area contributed by atoms with Gasteiger partial charge in [0.05, 0.1) is 24.8 Å². The minimum Gasteiger partial charge on any atom is -0.480 e. The summed E-state index contributed by atoms with van der Waals surface area (Å²) in [6.45, 7) is 24.4. The molecule has 0 aromatic carbocycles. The van der Waals surface area contributed by atoms with E-state index in [-0.39, 0.29) is 50.0 Å². The number of aliphatic carboxylic acids is 1. The van der Waals surface area contributed by atoms with Crippen LogP contribution in [0.5, 0.6) is 0 Å². The van der Waals surface area contributed by atoms with E-state index in [2.05, 4.69) is 20.6 Å². The van der Waals surface area contributed by atoms with E-state index in [4.69, 9.17) is 5.11 Å². The summed E-state index contributed by atoms with van der Waals surface area (Å²) in [5.74, 6) is -1.77. The van der Waals surface area contributed by atoms with E-state index >= 15 is 0 Å². The Kier molecular flexibility index (Phi) is 44.9. The van der Waals surface area contributed by atoms with E-state index in [0.29, 0.717) is 19.1 Å². The largest absolute Gasteiger partial charge is 0.480 e. The van der Waals surface area contributed by atoms with Crippen molar-refractivity contribution < 1.29 is 38.7 Å². The van der Waals surface area contributed by atoms with E-state index in [0.717, 1.165) is 37.7 Å². The molecule has 4 N–H and O–H groups in total. The van der Waals surface area contributed by atoms with E-state index < -0.39 is 23.9 Å². The summed E-state index contributed by atoms with van der Waals surface area (Å²) in [5.41, 5.74) is 0.545. The van der Waals surface area contributed by atoms with Gasteiger partial charge in [0.1, 0.15) is 24.8 Å². The van der Waals surface area contributed by atoms with Gasteiger partial charge >= 0.3 is 5.97 Å². The maximum atomic E-state index is 11.9. The van der Waals surface area contributed by atoms with Gasteiger partial charge in [0.2, 0.25) is 11.4 Å². The lowest BCUT2D eigenvalue weighted by atomic mass is 9.96. The van der Waals surface area contributed by atoms with Crippen LogP contribution in [0.2, 0.25) is 0 Å². The molecule has 0 bridgehead atoms. The summed E-state index contributed by atoms with van der Waals surface area (Å²) in [7, 11) is 5.38. The molecular weight excluding hydrogens is 725 g/mol. The first kappa shape index (κ1) is 60.2. The van der Waals surface area contributed by atoms with Gasteiger partial charge in [-0.25, -0.2) is 4.98 Å². The van der Waals surface area contributed by atoms with Gasteiger partial charge in [-0.1, -0.05) is 89.2 Å². The predicted octanol–water partition coefficient (Wildman–Crippen LogP) is 4.81. The SMILES string of the molecule is CC.CC.CC.CC.CC/C=C(\CNC(=O)c1cnccn1)NC(C=O)C(C)C.CCPC(=O)C(=O)NCC(=O)O.CN(C)C(=O)C1C(CC=O)CCN1C. The number of nitrogens with one attached hydrogen (secondary N) is 3. The number of carbonyl (C=O) groups excluding carboxylic acids is 6. The van der Waals surface area contributed by atoms with Crippen LogP contribution in [-0.2, 0) is 28.8 Å². The van der Waals surface area contributed by atoms with Crippen molar-refractivity contribution >= 4 is 50.4 Å². The van der Waals surface area contributed by atoms with Crippen molar-refractivity contribution in [1.82, 2.24) is 35.7 Å². The third-order valence-electron chi connectivity index (χ3n) is 6.71. The fourth-order valence-corrected chi connectivity index (χ4v) is 4.78. The van der Waals surface area contributed by atoms with Crippen molar-refractivity contribution in [1.29, 1.82) is 0 Å². The lowest BCUT2D eigenvalue weighted by molar-refractivity contribution is -0.139. The summed E-state index contributed by atoms with van der Waals surface area (Å²) in [6.07, 6.45) is 11.0. The molecule has 1 aromatic rings. The first-order chi connectivity index (χ1) is 26.2. The van der Waals surface area contributed by atoms with Gasteiger partial charge in [-0.15, -0.1) is 0 Å². The number of carboxylic acids is 1. The molecule has 318 valence electrons. The Morgan fingerprint density at radius 1 is 0.964 bits per heavy atom. The normalized spacial score (nSPS) is 14.6. The molecule has 4 unspecified atom stereocenters. The number of nitrogens with zero attached hydrogens (tertiary/aromatic N) is 4. The maximum absolute atomic E-state index is 11.9. The quantitative estimate of drug-likeness (QED) is 0.101. The smallest absolute Gasteiger partial charge is 0.322 e. The summed E-state index contributed by atoms with van der Waals surface area (Å²) in [4.78, 5) is 88.1. The second kappa shape index (κ2) is 41.1. The van der Waals surface area contributed by atoms with Gasteiger partial charge < -0.3 is 35.5 Å². The lowest BCUT2D eigenvalue weighted by Crippen LogP contribution is -2.44. The van der Waals surface area contributed by atoms with Crippen LogP contribution in [0.25, 0.3) is 0 Å². The molecule has 1 aliphatic heterocycles. The molecule has 55 heavy (non-hydrogen) atoms. The Balaban J connectivity index is -0.000000215. The monoisotopic (exact) mass is 800 g/mol. The van der Waals surface area contributed by atoms with Gasteiger partial charge in [0, 0.05) is 38.6 Å². The number of hydrogen-bond acceptors (Lipinski definition) is 11. The Labute approximate surface area is 333 Å². The fraction of sp³-hybridized carbons (Fsp3) is 0.667. The van der Waals surface area contributed by atoms with E-state index in [9.17, 15) is 33.6 Å². The van der Waals surface area contributed by atoms with E-state index in [1.165, 1.54) is 18.6 Å². The third-order valence-corrected chi connectivity index (χ3v) is 7.61. The zero-order chi connectivity index (χ0) is 43.9. The van der Waals surface area contributed by atoms with E-state index in [1.54, 1.807) is 25.9 Å². The number of aldehydes is 2. The molecule has 15 nitrogen and oxygen atoms in total. The highest BCUT2D eigenvalue weighted by Crippen LogP contribution is 2.26. The highest BCUT2D eigenvalue weighted by Gasteiger charge is 2.37. The van der Waals surface area contributed by atoms with E-state index in [1.807, 2.05) is 99.5 Å². The number of rotatable bonds is 16. The molecule has 4 atom stereocenters. The molecule has 0 radical (unpaired) electrons. The summed E-state index contributed by atoms with van der Waals surface area (Å²) < 4.78 is 0. The van der Waals surface area contributed by atoms with Gasteiger partial charge in [-0.05, 0) is 53.0 Å². The van der Waals surface area contributed by atoms with Crippen molar-refractivity contribution in [3.63, 3.8) is 0 Å². The molecule has 3 amide bonds. The van der Waals surface area contributed by atoms with Crippen molar-refractivity contribution in [2.45, 2.75) is 114 Å². The molecule has 1 fully saturated rings. The lowest BCUT2D eigenvalue weighted by Gasteiger charge is -2.25. The second-order valence-electron chi connectivity index (χ2n) is 11.0. The highest BCUT2D eigenvalue weighted by molar-refractivity contribution is 7.61. The van der Waals surface area contributed by atoms with Gasteiger partial charge in [-0.2, -0.15) is 0 Å². The molecule has 0 saturated carbocycles. The minimum absolute atomic E-state index is 0.0715. The molecule has 16 heteroatoms.